The molecule has 29 heavy (non-hydrogen) atoms. The molecule has 7 heteroatoms. The molecule has 0 aliphatic carbocycles. The van der Waals surface area contributed by atoms with Gasteiger partial charge in [0.15, 0.2) is 5.96 Å². The van der Waals surface area contributed by atoms with Crippen molar-refractivity contribution in [1.82, 2.24) is 15.5 Å². The molecule has 1 fully saturated rings. The van der Waals surface area contributed by atoms with Crippen LogP contribution in [-0.4, -0.2) is 56.5 Å². The van der Waals surface area contributed by atoms with Crippen LogP contribution in [0.1, 0.15) is 12.0 Å². The van der Waals surface area contributed by atoms with Crippen LogP contribution >= 0.6 is 11.6 Å². The zero-order chi connectivity index (χ0) is 20.6. The van der Waals surface area contributed by atoms with E-state index in [0.717, 1.165) is 35.8 Å². The Hall–Kier alpha value is -2.73. The lowest BCUT2D eigenvalue weighted by Crippen LogP contribution is -2.47. The Bertz CT molecular complexity index is 840. The fourth-order valence-corrected chi connectivity index (χ4v) is 3.39. The van der Waals surface area contributed by atoms with Crippen LogP contribution in [0.15, 0.2) is 59.6 Å². The van der Waals surface area contributed by atoms with Gasteiger partial charge >= 0.3 is 0 Å². The number of anilines is 1. The maximum atomic E-state index is 12.0. The second-order valence-corrected chi connectivity index (χ2v) is 7.78. The lowest BCUT2D eigenvalue weighted by Gasteiger charge is -2.21. The molecule has 1 heterocycles. The van der Waals surface area contributed by atoms with Crippen molar-refractivity contribution >= 4 is 29.2 Å². The predicted octanol–water partition coefficient (Wildman–Crippen LogP) is 2.74. The first-order valence-corrected chi connectivity index (χ1v) is 10.2. The molecule has 0 spiro atoms. The number of carbonyl (C=O) groups is 1. The Labute approximate surface area is 177 Å². The van der Waals surface area contributed by atoms with Gasteiger partial charge in [0, 0.05) is 43.9 Å². The molecule has 6 nitrogen and oxygen atoms in total. The minimum Gasteiger partial charge on any atom is -0.369 e. The van der Waals surface area contributed by atoms with Crippen LogP contribution in [0, 0.1) is 0 Å². The highest BCUT2D eigenvalue weighted by Crippen LogP contribution is 2.23. The standard InChI is InChI=1S/C22H28ClN5O/c1-27(2)21(29)15-25-22(24-14-17-7-4-3-5-8-17)26-19-11-12-28(16-19)20-10-6-9-18(23)13-20/h3-10,13,19H,11-12,14-16H2,1-2H3,(H2,24,25,26). The smallest absolute Gasteiger partial charge is 0.241 e. The molecule has 1 aliphatic heterocycles. The number of rotatable bonds is 6. The molecule has 1 aliphatic rings. The summed E-state index contributed by atoms with van der Waals surface area (Å²) in [5.74, 6) is 0.660. The number of nitrogens with one attached hydrogen (secondary N) is 2. The first-order valence-electron chi connectivity index (χ1n) is 9.80. The van der Waals surface area contributed by atoms with Crippen molar-refractivity contribution in [3.8, 4) is 0 Å². The van der Waals surface area contributed by atoms with Gasteiger partial charge in [-0.1, -0.05) is 48.0 Å². The zero-order valence-electron chi connectivity index (χ0n) is 16.9. The number of nitrogens with zero attached hydrogens (tertiary/aromatic N) is 3. The fourth-order valence-electron chi connectivity index (χ4n) is 3.20. The van der Waals surface area contributed by atoms with E-state index in [0.29, 0.717) is 12.5 Å². The van der Waals surface area contributed by atoms with Crippen molar-refractivity contribution < 1.29 is 4.79 Å². The van der Waals surface area contributed by atoms with Crippen LogP contribution in [0.25, 0.3) is 0 Å². The van der Waals surface area contributed by atoms with Crippen molar-refractivity contribution in [3.63, 3.8) is 0 Å². The first kappa shape index (κ1) is 21.0. The third kappa shape index (κ3) is 6.39. The van der Waals surface area contributed by atoms with Gasteiger partial charge in [0.2, 0.25) is 5.91 Å². The fraction of sp³-hybridized carbons (Fsp3) is 0.364. The molecular formula is C22H28ClN5O. The van der Waals surface area contributed by atoms with Gasteiger partial charge in [-0.25, -0.2) is 4.99 Å². The van der Waals surface area contributed by atoms with Gasteiger partial charge in [-0.15, -0.1) is 0 Å². The number of aliphatic imine (C=N–C) groups is 1. The highest BCUT2D eigenvalue weighted by Gasteiger charge is 2.24. The summed E-state index contributed by atoms with van der Waals surface area (Å²) in [7, 11) is 3.50. The highest BCUT2D eigenvalue weighted by atomic mass is 35.5. The maximum Gasteiger partial charge on any atom is 0.241 e. The molecule has 2 aromatic carbocycles. The second-order valence-electron chi connectivity index (χ2n) is 7.35. The molecule has 1 saturated heterocycles. The van der Waals surface area contributed by atoms with E-state index in [9.17, 15) is 4.79 Å². The monoisotopic (exact) mass is 413 g/mol. The molecule has 0 saturated carbocycles. The Morgan fingerprint density at radius 2 is 2.00 bits per heavy atom. The molecule has 0 radical (unpaired) electrons. The SMILES string of the molecule is CN(C)C(=O)CNC(=NCc1ccccc1)NC1CCN(c2cccc(Cl)c2)C1. The van der Waals surface area contributed by atoms with E-state index < -0.39 is 0 Å². The van der Waals surface area contributed by atoms with Gasteiger partial charge in [0.05, 0.1) is 13.1 Å². The minimum atomic E-state index is 0.00573. The predicted molar refractivity (Wildman–Crippen MR) is 119 cm³/mol. The Morgan fingerprint density at radius 1 is 1.21 bits per heavy atom. The van der Waals surface area contributed by atoms with Crippen molar-refractivity contribution in [3.05, 3.63) is 65.2 Å². The topological polar surface area (TPSA) is 60.0 Å². The summed E-state index contributed by atoms with van der Waals surface area (Å²) in [5.41, 5.74) is 2.25. The molecule has 2 aromatic rings. The Morgan fingerprint density at radius 3 is 2.72 bits per heavy atom. The average molecular weight is 414 g/mol. The normalized spacial score (nSPS) is 16.6. The number of guanidine groups is 1. The van der Waals surface area contributed by atoms with Gasteiger partial charge in [-0.2, -0.15) is 0 Å². The molecular weight excluding hydrogens is 386 g/mol. The summed E-state index contributed by atoms with van der Waals surface area (Å²) >= 11 is 6.13. The van der Waals surface area contributed by atoms with Crippen molar-refractivity contribution in [1.29, 1.82) is 0 Å². The van der Waals surface area contributed by atoms with E-state index in [1.54, 1.807) is 19.0 Å². The Balaban J connectivity index is 1.63. The summed E-state index contributed by atoms with van der Waals surface area (Å²) in [4.78, 5) is 20.5. The number of benzene rings is 2. The average Bonchev–Trinajstić information content (AvgIpc) is 3.19. The summed E-state index contributed by atoms with van der Waals surface area (Å²) in [6.45, 7) is 2.56. The maximum absolute atomic E-state index is 12.0. The lowest BCUT2D eigenvalue weighted by molar-refractivity contribution is -0.127. The van der Waals surface area contributed by atoms with Gasteiger partial charge in [-0.05, 0) is 30.2 Å². The van der Waals surface area contributed by atoms with Crippen molar-refractivity contribution in [2.45, 2.75) is 19.0 Å². The first-order chi connectivity index (χ1) is 14.0. The number of likely N-dealkylation sites (N-methyl/N-ethyl adjacent to an activating group) is 1. The molecule has 0 aromatic heterocycles. The van der Waals surface area contributed by atoms with Crippen LogP contribution < -0.4 is 15.5 Å². The van der Waals surface area contributed by atoms with Gasteiger partial charge in [0.25, 0.3) is 0 Å². The number of carbonyl (C=O) groups excluding carboxylic acids is 1. The van der Waals surface area contributed by atoms with E-state index in [1.165, 1.54) is 0 Å². The second kappa shape index (κ2) is 10.2. The zero-order valence-corrected chi connectivity index (χ0v) is 17.7. The number of hydrogen-bond acceptors (Lipinski definition) is 3. The number of halogens is 1. The summed E-state index contributed by atoms with van der Waals surface area (Å²) in [6.07, 6.45) is 0.986. The molecule has 2 N–H and O–H groups in total. The van der Waals surface area contributed by atoms with Crippen molar-refractivity contribution in [2.75, 3.05) is 38.6 Å². The van der Waals surface area contributed by atoms with Crippen LogP contribution in [-0.2, 0) is 11.3 Å². The van der Waals surface area contributed by atoms with Crippen LogP contribution in [0.3, 0.4) is 0 Å². The number of amides is 1. The molecule has 1 unspecified atom stereocenters. The van der Waals surface area contributed by atoms with Gasteiger partial charge in [0.1, 0.15) is 0 Å². The quantitative estimate of drug-likeness (QED) is 0.564. The van der Waals surface area contributed by atoms with E-state index in [2.05, 4.69) is 26.6 Å². The lowest BCUT2D eigenvalue weighted by atomic mass is 10.2. The molecule has 154 valence electrons. The third-order valence-corrected chi connectivity index (χ3v) is 5.11. The summed E-state index contributed by atoms with van der Waals surface area (Å²) in [5, 5.41) is 7.40. The van der Waals surface area contributed by atoms with E-state index in [-0.39, 0.29) is 18.5 Å². The summed E-state index contributed by atoms with van der Waals surface area (Å²) < 4.78 is 0. The molecule has 1 amide bonds. The van der Waals surface area contributed by atoms with E-state index in [4.69, 9.17) is 11.6 Å². The van der Waals surface area contributed by atoms with Gasteiger partial charge in [-0.3, -0.25) is 4.79 Å². The molecule has 1 atom stereocenters. The summed E-state index contributed by atoms with van der Waals surface area (Å²) in [6, 6.07) is 18.2. The highest BCUT2D eigenvalue weighted by molar-refractivity contribution is 6.30. The largest absolute Gasteiger partial charge is 0.369 e. The van der Waals surface area contributed by atoms with Crippen LogP contribution in [0.4, 0.5) is 5.69 Å². The van der Waals surface area contributed by atoms with E-state index >= 15 is 0 Å². The number of hydrogen-bond donors (Lipinski definition) is 2. The minimum absolute atomic E-state index is 0.00573. The Kier molecular flexibility index (Phi) is 7.36. The van der Waals surface area contributed by atoms with Gasteiger partial charge < -0.3 is 20.4 Å². The molecule has 3 rings (SSSR count). The van der Waals surface area contributed by atoms with E-state index in [1.807, 2.05) is 48.5 Å². The van der Waals surface area contributed by atoms with Crippen LogP contribution in [0.5, 0.6) is 0 Å². The van der Waals surface area contributed by atoms with Crippen molar-refractivity contribution in [2.24, 2.45) is 4.99 Å². The van der Waals surface area contributed by atoms with Crippen LogP contribution in [0.2, 0.25) is 5.02 Å². The molecule has 0 bridgehead atoms. The third-order valence-electron chi connectivity index (χ3n) is 4.87.